The Labute approximate surface area is 228 Å². The van der Waals surface area contributed by atoms with Crippen LogP contribution in [-0.4, -0.2) is 30.0 Å². The SMILES string of the molecule is CCOC(=O)C1=C(C)N=c2sc(=Cc3ccc(-c4ccc(C(C)=O)cc4)o3)c(=O)n2[C@@H]1c1ccc(OC)cc1. The minimum atomic E-state index is -0.708. The fourth-order valence-corrected chi connectivity index (χ4v) is 5.50. The predicted octanol–water partition coefficient (Wildman–Crippen LogP) is 4.27. The summed E-state index contributed by atoms with van der Waals surface area (Å²) in [6.07, 6.45) is 1.67. The zero-order chi connectivity index (χ0) is 27.7. The van der Waals surface area contributed by atoms with Crippen molar-refractivity contribution >= 4 is 29.2 Å². The largest absolute Gasteiger partial charge is 0.497 e. The summed E-state index contributed by atoms with van der Waals surface area (Å²) in [5, 5.41) is 0. The van der Waals surface area contributed by atoms with Crippen LogP contribution in [0.15, 0.2) is 86.1 Å². The molecule has 0 saturated heterocycles. The second kappa shape index (κ2) is 10.7. The van der Waals surface area contributed by atoms with Gasteiger partial charge in [0.05, 0.1) is 35.6 Å². The van der Waals surface area contributed by atoms with E-state index in [-0.39, 0.29) is 17.9 Å². The normalized spacial score (nSPS) is 15.1. The van der Waals surface area contributed by atoms with Gasteiger partial charge < -0.3 is 13.9 Å². The number of furan rings is 1. The number of benzene rings is 2. The summed E-state index contributed by atoms with van der Waals surface area (Å²) >= 11 is 1.22. The molecule has 4 aromatic rings. The lowest BCUT2D eigenvalue weighted by Gasteiger charge is -2.24. The number of carbonyl (C=O) groups is 2. The Kier molecular flexibility index (Phi) is 7.17. The molecule has 0 fully saturated rings. The molecule has 0 radical (unpaired) electrons. The minimum Gasteiger partial charge on any atom is -0.497 e. The second-order valence-electron chi connectivity index (χ2n) is 8.91. The van der Waals surface area contributed by atoms with E-state index >= 15 is 0 Å². The molecule has 1 aliphatic heterocycles. The lowest BCUT2D eigenvalue weighted by Crippen LogP contribution is -2.39. The van der Waals surface area contributed by atoms with Gasteiger partial charge in [0.15, 0.2) is 10.6 Å². The number of fused-ring (bicyclic) bond motifs is 1. The fourth-order valence-electron chi connectivity index (χ4n) is 4.48. The number of methoxy groups -OCH3 is 1. The van der Waals surface area contributed by atoms with Crippen molar-refractivity contribution in [3.05, 3.63) is 109 Å². The Morgan fingerprint density at radius 1 is 1.08 bits per heavy atom. The number of nitrogens with zero attached hydrogens (tertiary/aromatic N) is 2. The average molecular weight is 543 g/mol. The number of thiazole rings is 1. The van der Waals surface area contributed by atoms with Gasteiger partial charge in [-0.25, -0.2) is 9.79 Å². The van der Waals surface area contributed by atoms with Crippen LogP contribution in [0.25, 0.3) is 17.4 Å². The molecule has 1 atom stereocenters. The van der Waals surface area contributed by atoms with Crippen molar-refractivity contribution in [3.8, 4) is 17.1 Å². The first kappa shape index (κ1) is 26.1. The van der Waals surface area contributed by atoms with E-state index in [2.05, 4.69) is 4.99 Å². The zero-order valence-electron chi connectivity index (χ0n) is 21.9. The van der Waals surface area contributed by atoms with Crippen molar-refractivity contribution in [2.24, 2.45) is 4.99 Å². The third-order valence-corrected chi connectivity index (χ3v) is 7.41. The van der Waals surface area contributed by atoms with Crippen molar-refractivity contribution < 1.29 is 23.5 Å². The molecule has 0 aliphatic carbocycles. The van der Waals surface area contributed by atoms with Gasteiger partial charge in [-0.2, -0.15) is 0 Å². The average Bonchev–Trinajstić information content (AvgIpc) is 3.52. The Balaban J connectivity index is 1.59. The van der Waals surface area contributed by atoms with Crippen LogP contribution in [0.4, 0.5) is 0 Å². The van der Waals surface area contributed by atoms with Gasteiger partial charge in [0, 0.05) is 17.2 Å². The first-order valence-corrected chi connectivity index (χ1v) is 13.2. The van der Waals surface area contributed by atoms with E-state index in [4.69, 9.17) is 13.9 Å². The smallest absolute Gasteiger partial charge is 0.338 e. The lowest BCUT2D eigenvalue weighted by atomic mass is 9.96. The van der Waals surface area contributed by atoms with E-state index in [1.807, 2.05) is 30.3 Å². The van der Waals surface area contributed by atoms with Crippen LogP contribution in [0.1, 0.15) is 48.5 Å². The quantitative estimate of drug-likeness (QED) is 0.255. The van der Waals surface area contributed by atoms with Crippen molar-refractivity contribution in [1.29, 1.82) is 0 Å². The number of esters is 1. The van der Waals surface area contributed by atoms with Crippen LogP contribution in [0.3, 0.4) is 0 Å². The number of aromatic nitrogens is 1. The summed E-state index contributed by atoms with van der Waals surface area (Å²) in [7, 11) is 1.58. The fraction of sp³-hybridized carbons (Fsp3) is 0.200. The van der Waals surface area contributed by atoms with Gasteiger partial charge >= 0.3 is 5.97 Å². The molecule has 0 spiro atoms. The third-order valence-electron chi connectivity index (χ3n) is 6.42. The summed E-state index contributed by atoms with van der Waals surface area (Å²) in [6.45, 7) is 5.21. The van der Waals surface area contributed by atoms with E-state index in [9.17, 15) is 14.4 Å². The van der Waals surface area contributed by atoms with Gasteiger partial charge in [0.2, 0.25) is 0 Å². The van der Waals surface area contributed by atoms with Crippen molar-refractivity contribution in [2.45, 2.75) is 26.8 Å². The number of hydrogen-bond donors (Lipinski definition) is 0. The van der Waals surface area contributed by atoms with Gasteiger partial charge in [0.1, 0.15) is 17.3 Å². The number of ether oxygens (including phenoxy) is 2. The van der Waals surface area contributed by atoms with Crippen LogP contribution in [0.5, 0.6) is 5.75 Å². The predicted molar refractivity (Wildman–Crippen MR) is 148 cm³/mol. The van der Waals surface area contributed by atoms with Crippen molar-refractivity contribution in [1.82, 2.24) is 4.57 Å². The van der Waals surface area contributed by atoms with Gasteiger partial charge in [-0.05, 0) is 50.6 Å². The Bertz CT molecular complexity index is 1770. The van der Waals surface area contributed by atoms with Crippen LogP contribution in [-0.2, 0) is 9.53 Å². The van der Waals surface area contributed by atoms with E-state index in [1.165, 1.54) is 22.8 Å². The molecule has 1 aliphatic rings. The minimum absolute atomic E-state index is 0.00801. The lowest BCUT2D eigenvalue weighted by molar-refractivity contribution is -0.139. The van der Waals surface area contributed by atoms with Gasteiger partial charge in [-0.1, -0.05) is 47.7 Å². The number of Topliss-reactive ketones (excluding diaryl/α,β-unsaturated/α-hetero) is 1. The molecule has 8 nitrogen and oxygen atoms in total. The van der Waals surface area contributed by atoms with E-state index < -0.39 is 12.0 Å². The Morgan fingerprint density at radius 3 is 2.44 bits per heavy atom. The number of carbonyl (C=O) groups excluding carboxylic acids is 2. The Morgan fingerprint density at radius 2 is 1.79 bits per heavy atom. The monoisotopic (exact) mass is 542 g/mol. The molecular weight excluding hydrogens is 516 g/mol. The molecule has 0 bridgehead atoms. The van der Waals surface area contributed by atoms with Crippen molar-refractivity contribution in [2.75, 3.05) is 13.7 Å². The van der Waals surface area contributed by atoms with Crippen LogP contribution in [0.2, 0.25) is 0 Å². The molecule has 0 amide bonds. The first-order valence-electron chi connectivity index (χ1n) is 12.4. The molecular formula is C30H26N2O6S. The Hall–Kier alpha value is -4.50. The first-order chi connectivity index (χ1) is 18.8. The maximum atomic E-state index is 13.7. The van der Waals surface area contributed by atoms with Gasteiger partial charge in [-0.3, -0.25) is 14.2 Å². The van der Waals surface area contributed by atoms with Crippen molar-refractivity contribution in [3.63, 3.8) is 0 Å². The molecule has 0 unspecified atom stereocenters. The second-order valence-corrected chi connectivity index (χ2v) is 9.92. The molecule has 3 heterocycles. The molecule has 9 heteroatoms. The molecule has 0 N–H and O–H groups in total. The summed E-state index contributed by atoms with van der Waals surface area (Å²) < 4.78 is 18.6. The number of ketones is 1. The van der Waals surface area contributed by atoms with Gasteiger partial charge in [0.25, 0.3) is 5.56 Å². The third kappa shape index (κ3) is 5.00. The maximum absolute atomic E-state index is 13.7. The number of allylic oxidation sites excluding steroid dienone is 1. The zero-order valence-corrected chi connectivity index (χ0v) is 22.7. The van der Waals surface area contributed by atoms with E-state index in [0.29, 0.717) is 43.4 Å². The van der Waals surface area contributed by atoms with Gasteiger partial charge in [-0.15, -0.1) is 0 Å². The molecule has 39 heavy (non-hydrogen) atoms. The van der Waals surface area contributed by atoms with Crippen LogP contribution >= 0.6 is 11.3 Å². The maximum Gasteiger partial charge on any atom is 0.338 e. The molecule has 198 valence electrons. The van der Waals surface area contributed by atoms with E-state index in [0.717, 1.165) is 11.1 Å². The summed E-state index contributed by atoms with van der Waals surface area (Å²) in [5.74, 6) is 1.25. The van der Waals surface area contributed by atoms with E-state index in [1.54, 1.807) is 57.4 Å². The topological polar surface area (TPSA) is 100 Å². The summed E-state index contributed by atoms with van der Waals surface area (Å²) in [4.78, 5) is 43.4. The highest BCUT2D eigenvalue weighted by Crippen LogP contribution is 2.31. The van der Waals surface area contributed by atoms with Crippen LogP contribution < -0.4 is 19.6 Å². The van der Waals surface area contributed by atoms with Crippen LogP contribution in [0, 0.1) is 0 Å². The highest BCUT2D eigenvalue weighted by Gasteiger charge is 2.33. The number of hydrogen-bond acceptors (Lipinski definition) is 8. The standard InChI is InChI=1S/C30H26N2O6S/c1-5-37-29(35)26-17(2)31-30-32(27(26)21-10-12-22(36-4)13-11-21)28(34)25(39-30)16-23-14-15-24(38-23)20-8-6-19(7-9-20)18(3)33/h6-16,27H,5H2,1-4H3/t27-/m1/s1. The summed E-state index contributed by atoms with van der Waals surface area (Å²) in [5.41, 5.74) is 2.69. The molecule has 2 aromatic heterocycles. The highest BCUT2D eigenvalue weighted by atomic mass is 32.1. The highest BCUT2D eigenvalue weighted by molar-refractivity contribution is 7.07. The number of rotatable bonds is 7. The molecule has 2 aromatic carbocycles. The molecule has 5 rings (SSSR count). The summed E-state index contributed by atoms with van der Waals surface area (Å²) in [6, 6.07) is 17.3. The molecule has 0 saturated carbocycles.